The van der Waals surface area contributed by atoms with Crippen molar-refractivity contribution in [3.8, 4) is 11.5 Å². The Labute approximate surface area is 129 Å². The molecule has 1 aliphatic rings. The van der Waals surface area contributed by atoms with E-state index in [9.17, 15) is 4.79 Å². The molecule has 2 aromatic rings. The van der Waals surface area contributed by atoms with E-state index < -0.39 is 0 Å². The molecular formula is C18H18O4. The van der Waals surface area contributed by atoms with Gasteiger partial charge in [-0.3, -0.25) is 4.79 Å². The van der Waals surface area contributed by atoms with E-state index in [4.69, 9.17) is 14.2 Å². The predicted molar refractivity (Wildman–Crippen MR) is 83.0 cm³/mol. The van der Waals surface area contributed by atoms with Crippen molar-refractivity contribution in [1.29, 1.82) is 0 Å². The third-order valence-corrected chi connectivity index (χ3v) is 4.07. The monoisotopic (exact) mass is 298 g/mol. The van der Waals surface area contributed by atoms with Crippen LogP contribution in [0.5, 0.6) is 11.5 Å². The number of rotatable bonds is 3. The van der Waals surface area contributed by atoms with Crippen molar-refractivity contribution < 1.29 is 19.0 Å². The van der Waals surface area contributed by atoms with Crippen LogP contribution in [0.15, 0.2) is 30.3 Å². The lowest BCUT2D eigenvalue weighted by molar-refractivity contribution is 0.0976. The second kappa shape index (κ2) is 5.46. The molecule has 0 spiro atoms. The lowest BCUT2D eigenvalue weighted by Gasteiger charge is -2.29. The van der Waals surface area contributed by atoms with Gasteiger partial charge in [0.05, 0.1) is 19.8 Å². The molecule has 0 saturated heterocycles. The van der Waals surface area contributed by atoms with Crippen molar-refractivity contribution in [2.45, 2.75) is 13.0 Å². The second-order valence-corrected chi connectivity index (χ2v) is 5.29. The van der Waals surface area contributed by atoms with Crippen LogP contribution in [0, 0.1) is 6.92 Å². The van der Waals surface area contributed by atoms with Crippen molar-refractivity contribution in [1.82, 2.24) is 0 Å². The van der Waals surface area contributed by atoms with Crippen LogP contribution in [0.3, 0.4) is 0 Å². The molecule has 0 radical (unpaired) electrons. The van der Waals surface area contributed by atoms with Gasteiger partial charge in [-0.15, -0.1) is 0 Å². The molecule has 0 amide bonds. The van der Waals surface area contributed by atoms with Gasteiger partial charge in [-0.05, 0) is 24.6 Å². The molecule has 0 aliphatic heterocycles. The first kappa shape index (κ1) is 14.6. The smallest absolute Gasteiger partial charge is 0.197 e. The van der Waals surface area contributed by atoms with Crippen LogP contribution in [0.1, 0.15) is 38.7 Å². The van der Waals surface area contributed by atoms with E-state index in [2.05, 4.69) is 0 Å². The van der Waals surface area contributed by atoms with Gasteiger partial charge in [0.2, 0.25) is 0 Å². The standard InChI is InChI=1S/C18H18O4/c1-10-5-6-11-12(9-10)18(22-4)16-14(21-3)8-7-13(20-2)15(16)17(11)19/h5-9,18H,1-4H3. The van der Waals surface area contributed by atoms with E-state index in [-0.39, 0.29) is 11.9 Å². The summed E-state index contributed by atoms with van der Waals surface area (Å²) in [5.41, 5.74) is 3.85. The number of aryl methyl sites for hydroxylation is 1. The summed E-state index contributed by atoms with van der Waals surface area (Å²) in [6, 6.07) is 9.32. The van der Waals surface area contributed by atoms with Gasteiger partial charge in [-0.25, -0.2) is 0 Å². The molecule has 0 heterocycles. The van der Waals surface area contributed by atoms with Crippen molar-refractivity contribution in [3.05, 3.63) is 58.1 Å². The normalized spacial score (nSPS) is 16.0. The number of fused-ring (bicyclic) bond motifs is 2. The van der Waals surface area contributed by atoms with E-state index in [0.717, 1.165) is 16.7 Å². The summed E-state index contributed by atoms with van der Waals surface area (Å²) in [5, 5.41) is 0. The predicted octanol–water partition coefficient (Wildman–Crippen LogP) is 3.29. The molecule has 0 aromatic heterocycles. The van der Waals surface area contributed by atoms with E-state index in [0.29, 0.717) is 22.6 Å². The van der Waals surface area contributed by atoms with Crippen LogP contribution in [0.2, 0.25) is 0 Å². The van der Waals surface area contributed by atoms with Crippen LogP contribution in [-0.4, -0.2) is 27.1 Å². The molecule has 3 rings (SSSR count). The largest absolute Gasteiger partial charge is 0.496 e. The van der Waals surface area contributed by atoms with Crippen molar-refractivity contribution in [3.63, 3.8) is 0 Å². The van der Waals surface area contributed by atoms with Crippen molar-refractivity contribution in [2.24, 2.45) is 0 Å². The van der Waals surface area contributed by atoms with Gasteiger partial charge in [-0.2, -0.15) is 0 Å². The number of hydrogen-bond donors (Lipinski definition) is 0. The molecule has 0 bridgehead atoms. The highest BCUT2D eigenvalue weighted by Gasteiger charge is 2.36. The lowest BCUT2D eigenvalue weighted by Crippen LogP contribution is -2.22. The van der Waals surface area contributed by atoms with Crippen molar-refractivity contribution >= 4 is 5.78 Å². The minimum absolute atomic E-state index is 0.0611. The zero-order chi connectivity index (χ0) is 15.9. The van der Waals surface area contributed by atoms with Crippen LogP contribution in [0.25, 0.3) is 0 Å². The molecule has 1 unspecified atom stereocenters. The summed E-state index contributed by atoms with van der Waals surface area (Å²) in [6.45, 7) is 2.00. The number of ketones is 1. The summed E-state index contributed by atoms with van der Waals surface area (Å²) in [7, 11) is 4.78. The first-order chi connectivity index (χ1) is 10.6. The first-order valence-electron chi connectivity index (χ1n) is 7.05. The highest BCUT2D eigenvalue weighted by Crippen LogP contribution is 2.45. The van der Waals surface area contributed by atoms with Crippen LogP contribution >= 0.6 is 0 Å². The summed E-state index contributed by atoms with van der Waals surface area (Å²) in [5.74, 6) is 1.10. The maximum Gasteiger partial charge on any atom is 0.197 e. The van der Waals surface area contributed by atoms with Crippen LogP contribution in [-0.2, 0) is 4.74 Å². The van der Waals surface area contributed by atoms with E-state index in [1.807, 2.05) is 25.1 Å². The second-order valence-electron chi connectivity index (χ2n) is 5.29. The molecule has 4 nitrogen and oxygen atoms in total. The molecular weight excluding hydrogens is 280 g/mol. The van der Waals surface area contributed by atoms with Gasteiger partial charge in [0.15, 0.2) is 5.78 Å². The Morgan fingerprint density at radius 3 is 2.27 bits per heavy atom. The Hall–Kier alpha value is -2.33. The lowest BCUT2D eigenvalue weighted by atomic mass is 9.81. The number of methoxy groups -OCH3 is 3. The zero-order valence-electron chi connectivity index (χ0n) is 13.1. The maximum absolute atomic E-state index is 12.9. The molecule has 22 heavy (non-hydrogen) atoms. The Morgan fingerprint density at radius 1 is 0.955 bits per heavy atom. The molecule has 4 heteroatoms. The third kappa shape index (κ3) is 1.99. The maximum atomic E-state index is 12.9. The quantitative estimate of drug-likeness (QED) is 0.872. The highest BCUT2D eigenvalue weighted by molar-refractivity contribution is 6.14. The molecule has 1 atom stereocenters. The van der Waals surface area contributed by atoms with Gasteiger partial charge in [0.1, 0.15) is 17.6 Å². The van der Waals surface area contributed by atoms with Crippen LogP contribution in [0.4, 0.5) is 0 Å². The van der Waals surface area contributed by atoms with Gasteiger partial charge < -0.3 is 14.2 Å². The summed E-state index contributed by atoms with van der Waals surface area (Å²) in [4.78, 5) is 12.9. The average molecular weight is 298 g/mol. The minimum Gasteiger partial charge on any atom is -0.496 e. The topological polar surface area (TPSA) is 44.8 Å². The minimum atomic E-state index is -0.354. The van der Waals surface area contributed by atoms with E-state index >= 15 is 0 Å². The fourth-order valence-corrected chi connectivity index (χ4v) is 3.06. The SMILES string of the molecule is COc1ccc(OC)c2c1C(=O)c1ccc(C)cc1C2OC. The Kier molecular flexibility index (Phi) is 3.62. The summed E-state index contributed by atoms with van der Waals surface area (Å²) >= 11 is 0. The number of hydrogen-bond acceptors (Lipinski definition) is 4. The average Bonchev–Trinajstić information content (AvgIpc) is 2.54. The van der Waals surface area contributed by atoms with Gasteiger partial charge in [0, 0.05) is 18.2 Å². The molecule has 2 aromatic carbocycles. The molecule has 0 N–H and O–H groups in total. The molecule has 114 valence electrons. The van der Waals surface area contributed by atoms with E-state index in [1.165, 1.54) is 0 Å². The third-order valence-electron chi connectivity index (χ3n) is 4.07. The summed E-state index contributed by atoms with van der Waals surface area (Å²) in [6.07, 6.45) is -0.354. The fourth-order valence-electron chi connectivity index (χ4n) is 3.06. The molecule has 1 aliphatic carbocycles. The van der Waals surface area contributed by atoms with Gasteiger partial charge in [-0.1, -0.05) is 23.8 Å². The Bertz CT molecular complexity index is 749. The molecule has 0 fully saturated rings. The number of carbonyl (C=O) groups is 1. The Morgan fingerprint density at radius 2 is 1.64 bits per heavy atom. The van der Waals surface area contributed by atoms with Gasteiger partial charge >= 0.3 is 0 Å². The number of carbonyl (C=O) groups excluding carboxylic acids is 1. The molecule has 0 saturated carbocycles. The Balaban J connectivity index is 2.36. The van der Waals surface area contributed by atoms with Gasteiger partial charge in [0.25, 0.3) is 0 Å². The zero-order valence-corrected chi connectivity index (χ0v) is 13.1. The summed E-state index contributed by atoms with van der Waals surface area (Å²) < 4.78 is 16.5. The first-order valence-corrected chi connectivity index (χ1v) is 7.05. The van der Waals surface area contributed by atoms with Crippen LogP contribution < -0.4 is 9.47 Å². The highest BCUT2D eigenvalue weighted by atomic mass is 16.5. The number of benzene rings is 2. The number of ether oxygens (including phenoxy) is 3. The van der Waals surface area contributed by atoms with E-state index in [1.54, 1.807) is 33.5 Å². The van der Waals surface area contributed by atoms with Crippen molar-refractivity contribution in [2.75, 3.05) is 21.3 Å². The fraction of sp³-hybridized carbons (Fsp3) is 0.278.